The lowest BCUT2D eigenvalue weighted by molar-refractivity contribution is 0.0948. The molecule has 2 aromatic carbocycles. The van der Waals surface area contributed by atoms with Crippen LogP contribution in [0.15, 0.2) is 77.9 Å². The van der Waals surface area contributed by atoms with E-state index in [-0.39, 0.29) is 18.0 Å². The van der Waals surface area contributed by atoms with Crippen LogP contribution in [0.2, 0.25) is 0 Å². The Morgan fingerprint density at radius 1 is 1.03 bits per heavy atom. The van der Waals surface area contributed by atoms with Gasteiger partial charge < -0.3 is 10.6 Å². The van der Waals surface area contributed by atoms with Gasteiger partial charge in [-0.15, -0.1) is 0 Å². The molecule has 2 aromatic heterocycles. The zero-order valence-electron chi connectivity index (χ0n) is 17.1. The number of nitrogens with one attached hydrogen (secondary N) is 2. The van der Waals surface area contributed by atoms with Crippen LogP contribution in [0, 0.1) is 12.7 Å². The first-order valence-electron chi connectivity index (χ1n) is 9.83. The normalized spacial score (nSPS) is 10.7. The third kappa shape index (κ3) is 4.54. The van der Waals surface area contributed by atoms with Crippen molar-refractivity contribution in [3.63, 3.8) is 0 Å². The van der Waals surface area contributed by atoms with Crippen LogP contribution in [0.5, 0.6) is 0 Å². The number of rotatable bonds is 5. The highest BCUT2D eigenvalue weighted by atomic mass is 19.1. The smallest absolute Gasteiger partial charge is 0.270 e. The van der Waals surface area contributed by atoms with Crippen LogP contribution in [0.25, 0.3) is 5.65 Å². The van der Waals surface area contributed by atoms with Gasteiger partial charge in [-0.3, -0.25) is 18.8 Å². The number of aryl methyl sites for hydroxylation is 1. The lowest BCUT2D eigenvalue weighted by Crippen LogP contribution is -2.31. The molecule has 0 aliphatic rings. The highest BCUT2D eigenvalue weighted by Crippen LogP contribution is 2.13. The van der Waals surface area contributed by atoms with E-state index < -0.39 is 17.3 Å². The Labute approximate surface area is 182 Å². The number of hydrogen-bond donors (Lipinski definition) is 2. The predicted molar refractivity (Wildman–Crippen MR) is 118 cm³/mol. The van der Waals surface area contributed by atoms with Crippen molar-refractivity contribution < 1.29 is 14.0 Å². The number of nitrogens with zero attached hydrogens (tertiary/aromatic N) is 2. The minimum atomic E-state index is -0.542. The molecule has 7 nitrogen and oxygen atoms in total. The molecule has 0 spiro atoms. The third-order valence-electron chi connectivity index (χ3n) is 4.84. The number of pyridine rings is 1. The van der Waals surface area contributed by atoms with Gasteiger partial charge in [0, 0.05) is 30.2 Å². The number of hydrogen-bond acceptors (Lipinski definition) is 4. The molecule has 4 rings (SSSR count). The van der Waals surface area contributed by atoms with Crippen molar-refractivity contribution in [1.29, 1.82) is 0 Å². The van der Waals surface area contributed by atoms with E-state index >= 15 is 0 Å². The van der Waals surface area contributed by atoms with Gasteiger partial charge in [-0.25, -0.2) is 9.37 Å². The molecule has 0 saturated heterocycles. The molecule has 0 saturated carbocycles. The maximum atomic E-state index is 13.0. The molecule has 0 fully saturated rings. The predicted octanol–water partition coefficient (Wildman–Crippen LogP) is 3.32. The quantitative estimate of drug-likeness (QED) is 0.508. The fourth-order valence-corrected chi connectivity index (χ4v) is 3.18. The van der Waals surface area contributed by atoms with Crippen LogP contribution in [0.1, 0.15) is 31.8 Å². The van der Waals surface area contributed by atoms with Gasteiger partial charge in [0.25, 0.3) is 17.4 Å². The van der Waals surface area contributed by atoms with Gasteiger partial charge in [0.1, 0.15) is 17.0 Å². The molecule has 0 aliphatic carbocycles. The summed E-state index contributed by atoms with van der Waals surface area (Å²) in [7, 11) is 0. The van der Waals surface area contributed by atoms with Gasteiger partial charge in [-0.1, -0.05) is 18.2 Å². The van der Waals surface area contributed by atoms with Gasteiger partial charge in [0.15, 0.2) is 0 Å². The Morgan fingerprint density at radius 3 is 2.59 bits per heavy atom. The molecule has 2 heterocycles. The summed E-state index contributed by atoms with van der Waals surface area (Å²) in [5.41, 5.74) is 2.39. The van der Waals surface area contributed by atoms with Gasteiger partial charge in [0.05, 0.1) is 0 Å². The van der Waals surface area contributed by atoms with Crippen LogP contribution >= 0.6 is 0 Å². The van der Waals surface area contributed by atoms with Crippen LogP contribution in [-0.2, 0) is 6.54 Å². The SMILES string of the molecule is Cc1ccc2ncc(C(=O)NCc3cccc(NC(=O)c4ccc(F)cc4)c3)c(=O)n2c1. The van der Waals surface area contributed by atoms with E-state index in [9.17, 15) is 18.8 Å². The number of aromatic nitrogens is 2. The van der Waals surface area contributed by atoms with Crippen molar-refractivity contribution in [2.24, 2.45) is 0 Å². The molecular weight excluding hydrogens is 411 g/mol. The van der Waals surface area contributed by atoms with Gasteiger partial charge in [-0.05, 0) is 60.5 Å². The summed E-state index contributed by atoms with van der Waals surface area (Å²) in [6.07, 6.45) is 2.90. The fraction of sp³-hybridized carbons (Fsp3) is 0.0833. The first-order chi connectivity index (χ1) is 15.4. The largest absolute Gasteiger partial charge is 0.348 e. The number of fused-ring (bicyclic) bond motifs is 1. The number of halogens is 1. The molecule has 0 aliphatic heterocycles. The zero-order chi connectivity index (χ0) is 22.7. The lowest BCUT2D eigenvalue weighted by Gasteiger charge is -2.09. The van der Waals surface area contributed by atoms with Crippen LogP contribution < -0.4 is 16.2 Å². The number of benzene rings is 2. The van der Waals surface area contributed by atoms with Gasteiger partial charge >= 0.3 is 0 Å². The number of carbonyl (C=O) groups is 2. The Balaban J connectivity index is 1.45. The zero-order valence-corrected chi connectivity index (χ0v) is 17.1. The van der Waals surface area contributed by atoms with Gasteiger partial charge in [0.2, 0.25) is 0 Å². The van der Waals surface area contributed by atoms with Crippen LogP contribution in [0.3, 0.4) is 0 Å². The summed E-state index contributed by atoms with van der Waals surface area (Å²) < 4.78 is 14.4. The van der Waals surface area contributed by atoms with E-state index in [1.165, 1.54) is 34.9 Å². The van der Waals surface area contributed by atoms with Crippen LogP contribution in [0.4, 0.5) is 10.1 Å². The topological polar surface area (TPSA) is 92.6 Å². The third-order valence-corrected chi connectivity index (χ3v) is 4.84. The minimum Gasteiger partial charge on any atom is -0.348 e. The van der Waals surface area contributed by atoms with E-state index in [1.807, 2.05) is 13.0 Å². The molecule has 32 heavy (non-hydrogen) atoms. The summed E-state index contributed by atoms with van der Waals surface area (Å²) in [5.74, 6) is -1.34. The second kappa shape index (κ2) is 8.81. The number of amides is 2. The van der Waals surface area contributed by atoms with Crippen molar-refractivity contribution in [3.05, 3.63) is 111 Å². The summed E-state index contributed by atoms with van der Waals surface area (Å²) in [6.45, 7) is 2.00. The Bertz CT molecular complexity index is 1380. The molecule has 4 aromatic rings. The maximum Gasteiger partial charge on any atom is 0.270 e. The number of anilines is 1. The molecule has 0 atom stereocenters. The molecule has 0 bridgehead atoms. The van der Waals surface area contributed by atoms with Crippen molar-refractivity contribution >= 4 is 23.1 Å². The molecule has 0 radical (unpaired) electrons. The second-order valence-electron chi connectivity index (χ2n) is 7.26. The van der Waals surface area contributed by atoms with Crippen molar-refractivity contribution in [3.8, 4) is 0 Å². The molecule has 0 unspecified atom stereocenters. The van der Waals surface area contributed by atoms with E-state index in [0.29, 0.717) is 16.9 Å². The highest BCUT2D eigenvalue weighted by Gasteiger charge is 2.13. The Morgan fingerprint density at radius 2 is 1.81 bits per heavy atom. The van der Waals surface area contributed by atoms with Gasteiger partial charge in [-0.2, -0.15) is 0 Å². The van der Waals surface area contributed by atoms with Crippen molar-refractivity contribution in [2.75, 3.05) is 5.32 Å². The summed E-state index contributed by atoms with van der Waals surface area (Å²) in [4.78, 5) is 41.7. The van der Waals surface area contributed by atoms with Crippen molar-refractivity contribution in [1.82, 2.24) is 14.7 Å². The Kier molecular flexibility index (Phi) is 5.76. The molecule has 2 N–H and O–H groups in total. The Hall–Kier alpha value is -4.33. The lowest BCUT2D eigenvalue weighted by atomic mass is 10.1. The first-order valence-corrected chi connectivity index (χ1v) is 9.83. The fourth-order valence-electron chi connectivity index (χ4n) is 3.18. The number of carbonyl (C=O) groups excluding carboxylic acids is 2. The van der Waals surface area contributed by atoms with E-state index in [2.05, 4.69) is 15.6 Å². The molecule has 160 valence electrons. The molecule has 2 amide bonds. The summed E-state index contributed by atoms with van der Waals surface area (Å²) >= 11 is 0. The van der Waals surface area contributed by atoms with E-state index in [1.54, 1.807) is 36.5 Å². The maximum absolute atomic E-state index is 13.0. The summed E-state index contributed by atoms with van der Waals surface area (Å²) in [6, 6.07) is 15.7. The van der Waals surface area contributed by atoms with E-state index in [0.717, 1.165) is 11.1 Å². The monoisotopic (exact) mass is 430 g/mol. The van der Waals surface area contributed by atoms with Crippen LogP contribution in [-0.4, -0.2) is 21.2 Å². The van der Waals surface area contributed by atoms with E-state index in [4.69, 9.17) is 0 Å². The first kappa shape index (κ1) is 20.9. The summed E-state index contributed by atoms with van der Waals surface area (Å²) in [5, 5.41) is 5.44. The highest BCUT2D eigenvalue weighted by molar-refractivity contribution is 6.04. The molecule has 8 heteroatoms. The molecular formula is C24H19FN4O3. The standard InChI is InChI=1S/C24H19FN4O3/c1-15-5-10-21-26-13-20(24(32)29(21)14-15)23(31)27-12-16-3-2-4-19(11-16)28-22(30)17-6-8-18(25)9-7-17/h2-11,13-14H,12H2,1H3,(H,27,31)(H,28,30). The average molecular weight is 430 g/mol. The minimum absolute atomic E-state index is 0.0612. The average Bonchev–Trinajstić information content (AvgIpc) is 2.79. The van der Waals surface area contributed by atoms with Crippen molar-refractivity contribution in [2.45, 2.75) is 13.5 Å². The second-order valence-corrected chi connectivity index (χ2v) is 7.26.